The molecule has 1 aliphatic rings. The normalized spacial score (nSPS) is 17.9. The molecule has 0 unspecified atom stereocenters. The van der Waals surface area contributed by atoms with Gasteiger partial charge in [0.2, 0.25) is 0 Å². The maximum Gasteiger partial charge on any atom is 0.123 e. The Hall–Kier alpha value is -1.15. The van der Waals surface area contributed by atoms with Gasteiger partial charge >= 0.3 is 0 Å². The fourth-order valence-corrected chi connectivity index (χ4v) is 2.37. The van der Waals surface area contributed by atoms with Crippen LogP contribution < -0.4 is 5.32 Å². The Bertz CT molecular complexity index is 376. The first-order chi connectivity index (χ1) is 7.77. The van der Waals surface area contributed by atoms with Crippen molar-refractivity contribution in [2.45, 2.75) is 25.2 Å². The third-order valence-electron chi connectivity index (χ3n) is 3.33. The molecule has 1 aliphatic carbocycles. The van der Waals surface area contributed by atoms with Gasteiger partial charge in [-0.1, -0.05) is 31.2 Å². The summed E-state index contributed by atoms with van der Waals surface area (Å²) < 4.78 is 13.3. The first-order valence-corrected chi connectivity index (χ1v) is 5.89. The molecule has 0 atom stereocenters. The molecule has 0 aliphatic heterocycles. The second-order valence-electron chi connectivity index (χ2n) is 4.45. The van der Waals surface area contributed by atoms with Gasteiger partial charge in [-0.15, -0.1) is 0 Å². The predicted octanol–water partition coefficient (Wildman–Crippen LogP) is 3.02. The molecule has 0 bridgehead atoms. The zero-order chi connectivity index (χ0) is 11.4. The van der Waals surface area contributed by atoms with Gasteiger partial charge in [-0.3, -0.25) is 0 Å². The molecule has 0 aromatic heterocycles. The molecule has 1 aromatic carbocycles. The molecule has 2 rings (SSSR count). The van der Waals surface area contributed by atoms with Crippen LogP contribution in [0.15, 0.2) is 36.4 Å². The molecule has 0 spiro atoms. The van der Waals surface area contributed by atoms with E-state index < -0.39 is 0 Å². The highest BCUT2D eigenvalue weighted by Crippen LogP contribution is 2.36. The van der Waals surface area contributed by atoms with Crippen LogP contribution in [0.2, 0.25) is 0 Å². The molecule has 1 nitrogen and oxygen atoms in total. The molecular formula is C14H18FN. The van der Waals surface area contributed by atoms with Crippen molar-refractivity contribution in [1.29, 1.82) is 0 Å². The van der Waals surface area contributed by atoms with Gasteiger partial charge in [0.25, 0.3) is 0 Å². The van der Waals surface area contributed by atoms with E-state index in [-0.39, 0.29) is 11.2 Å². The second kappa shape index (κ2) is 4.79. The van der Waals surface area contributed by atoms with Gasteiger partial charge in [0.1, 0.15) is 5.82 Å². The van der Waals surface area contributed by atoms with Crippen molar-refractivity contribution in [3.63, 3.8) is 0 Å². The van der Waals surface area contributed by atoms with E-state index in [4.69, 9.17) is 0 Å². The van der Waals surface area contributed by atoms with Crippen LogP contribution in [0, 0.1) is 5.82 Å². The van der Waals surface area contributed by atoms with Crippen molar-refractivity contribution < 1.29 is 4.39 Å². The van der Waals surface area contributed by atoms with E-state index in [1.807, 2.05) is 6.07 Å². The predicted molar refractivity (Wildman–Crippen MR) is 65.0 cm³/mol. The zero-order valence-corrected chi connectivity index (χ0v) is 9.67. The van der Waals surface area contributed by atoms with Crippen molar-refractivity contribution in [1.82, 2.24) is 5.32 Å². The number of rotatable bonds is 4. The first kappa shape index (κ1) is 11.3. The minimum Gasteiger partial charge on any atom is -0.316 e. The zero-order valence-electron chi connectivity index (χ0n) is 9.67. The lowest BCUT2D eigenvalue weighted by atomic mass is 9.78. The summed E-state index contributed by atoms with van der Waals surface area (Å²) in [6.07, 6.45) is 6.40. The molecule has 2 heteroatoms. The number of likely N-dealkylation sites (N-methyl/N-ethyl adjacent to an activating group) is 1. The lowest BCUT2D eigenvalue weighted by Crippen LogP contribution is -2.36. The van der Waals surface area contributed by atoms with Gasteiger partial charge in [0.05, 0.1) is 0 Å². The third kappa shape index (κ3) is 2.17. The quantitative estimate of drug-likeness (QED) is 0.767. The highest BCUT2D eigenvalue weighted by Gasteiger charge is 2.32. The molecule has 16 heavy (non-hydrogen) atoms. The van der Waals surface area contributed by atoms with Crippen molar-refractivity contribution in [3.05, 3.63) is 47.8 Å². The third-order valence-corrected chi connectivity index (χ3v) is 3.33. The van der Waals surface area contributed by atoms with Crippen molar-refractivity contribution in [3.8, 4) is 0 Å². The summed E-state index contributed by atoms with van der Waals surface area (Å²) in [4.78, 5) is 0. The van der Waals surface area contributed by atoms with E-state index >= 15 is 0 Å². The van der Waals surface area contributed by atoms with Crippen LogP contribution in [-0.2, 0) is 5.41 Å². The van der Waals surface area contributed by atoms with E-state index in [1.165, 1.54) is 6.07 Å². The standard InChI is InChI=1S/C14H18FN/c1-2-16-11-14(8-3-4-9-14)12-6-5-7-13(15)10-12/h3-7,10,16H,2,8-9,11H2,1H3. The average Bonchev–Trinajstić information content (AvgIpc) is 2.76. The number of hydrogen-bond donors (Lipinski definition) is 1. The number of nitrogens with one attached hydrogen (secondary N) is 1. The highest BCUT2D eigenvalue weighted by molar-refractivity contribution is 5.31. The summed E-state index contributed by atoms with van der Waals surface area (Å²) in [7, 11) is 0. The average molecular weight is 219 g/mol. The van der Waals surface area contributed by atoms with E-state index in [1.54, 1.807) is 12.1 Å². The maximum atomic E-state index is 13.3. The Balaban J connectivity index is 2.25. The maximum absolute atomic E-state index is 13.3. The molecule has 0 amide bonds. The molecule has 0 saturated heterocycles. The molecule has 1 aromatic rings. The lowest BCUT2D eigenvalue weighted by molar-refractivity contribution is 0.422. The number of allylic oxidation sites excluding steroid dienone is 2. The van der Waals surface area contributed by atoms with Gasteiger partial charge in [-0.05, 0) is 37.1 Å². The summed E-state index contributed by atoms with van der Waals surface area (Å²) in [6.45, 7) is 3.97. The summed E-state index contributed by atoms with van der Waals surface area (Å²) in [5.74, 6) is -0.139. The Morgan fingerprint density at radius 3 is 2.69 bits per heavy atom. The van der Waals surface area contributed by atoms with Gasteiger partial charge in [-0.25, -0.2) is 4.39 Å². The van der Waals surface area contributed by atoms with Crippen LogP contribution in [0.25, 0.3) is 0 Å². The van der Waals surface area contributed by atoms with Crippen LogP contribution >= 0.6 is 0 Å². The molecule has 1 N–H and O–H groups in total. The number of benzene rings is 1. The van der Waals surface area contributed by atoms with Crippen LogP contribution in [0.4, 0.5) is 4.39 Å². The van der Waals surface area contributed by atoms with Crippen LogP contribution in [0.5, 0.6) is 0 Å². The van der Waals surface area contributed by atoms with Crippen molar-refractivity contribution >= 4 is 0 Å². The molecule has 86 valence electrons. The van der Waals surface area contributed by atoms with E-state index in [2.05, 4.69) is 24.4 Å². The van der Waals surface area contributed by atoms with Crippen LogP contribution in [0.3, 0.4) is 0 Å². The summed E-state index contributed by atoms with van der Waals surface area (Å²) in [6, 6.07) is 7.02. The van der Waals surface area contributed by atoms with Crippen LogP contribution in [0.1, 0.15) is 25.3 Å². The summed E-state index contributed by atoms with van der Waals surface area (Å²) in [5.41, 5.74) is 1.18. The van der Waals surface area contributed by atoms with E-state index in [9.17, 15) is 4.39 Å². The molecule has 0 fully saturated rings. The highest BCUT2D eigenvalue weighted by atomic mass is 19.1. The Morgan fingerprint density at radius 2 is 2.06 bits per heavy atom. The van der Waals surface area contributed by atoms with Gasteiger partial charge in [0, 0.05) is 12.0 Å². The molecular weight excluding hydrogens is 201 g/mol. The minimum atomic E-state index is -0.139. The summed E-state index contributed by atoms with van der Waals surface area (Å²) in [5, 5.41) is 3.39. The SMILES string of the molecule is CCNCC1(c2cccc(F)c2)CC=CC1. The first-order valence-electron chi connectivity index (χ1n) is 5.89. The van der Waals surface area contributed by atoms with Gasteiger partial charge < -0.3 is 5.32 Å². The second-order valence-corrected chi connectivity index (χ2v) is 4.45. The fraction of sp³-hybridized carbons (Fsp3) is 0.429. The topological polar surface area (TPSA) is 12.0 Å². The molecule has 0 heterocycles. The van der Waals surface area contributed by atoms with E-state index in [0.29, 0.717) is 0 Å². The van der Waals surface area contributed by atoms with Crippen molar-refractivity contribution in [2.75, 3.05) is 13.1 Å². The fourth-order valence-electron chi connectivity index (χ4n) is 2.37. The van der Waals surface area contributed by atoms with Crippen LogP contribution in [-0.4, -0.2) is 13.1 Å². The largest absolute Gasteiger partial charge is 0.316 e. The Kier molecular flexibility index (Phi) is 3.39. The van der Waals surface area contributed by atoms with Crippen molar-refractivity contribution in [2.24, 2.45) is 0 Å². The smallest absolute Gasteiger partial charge is 0.123 e. The molecule has 0 saturated carbocycles. The summed E-state index contributed by atoms with van der Waals surface area (Å²) >= 11 is 0. The number of hydrogen-bond acceptors (Lipinski definition) is 1. The Morgan fingerprint density at radius 1 is 1.31 bits per heavy atom. The van der Waals surface area contributed by atoms with Gasteiger partial charge in [0.15, 0.2) is 0 Å². The minimum absolute atomic E-state index is 0.0676. The lowest BCUT2D eigenvalue weighted by Gasteiger charge is -2.30. The Labute approximate surface area is 96.4 Å². The van der Waals surface area contributed by atoms with E-state index in [0.717, 1.165) is 31.5 Å². The number of halogens is 1. The van der Waals surface area contributed by atoms with Gasteiger partial charge in [-0.2, -0.15) is 0 Å². The molecule has 0 radical (unpaired) electrons. The monoisotopic (exact) mass is 219 g/mol.